The summed E-state index contributed by atoms with van der Waals surface area (Å²) >= 11 is 4.23. The largest absolute Gasteiger partial charge is 0.338 e. The highest BCUT2D eigenvalue weighted by Gasteiger charge is 2.14. The Hall–Kier alpha value is -0.800. The van der Waals surface area contributed by atoms with Gasteiger partial charge in [0.25, 0.3) is 0 Å². The van der Waals surface area contributed by atoms with Gasteiger partial charge in [-0.25, -0.2) is 4.62 Å². The molecule has 0 saturated carbocycles. The number of hydroxylamine groups is 1. The van der Waals surface area contributed by atoms with Gasteiger partial charge in [-0.05, 0) is 17.4 Å². The summed E-state index contributed by atoms with van der Waals surface area (Å²) < 4.78 is 4.40. The normalized spacial score (nSPS) is 13.1. The number of nitriles is 1. The van der Waals surface area contributed by atoms with Gasteiger partial charge in [0.05, 0.1) is 6.07 Å². The Bertz CT molecular complexity index is 400. The highest BCUT2D eigenvalue weighted by molar-refractivity contribution is 8.06. The molecule has 5 nitrogen and oxygen atoms in total. The molecule has 0 fully saturated rings. The van der Waals surface area contributed by atoms with Crippen molar-refractivity contribution in [3.63, 3.8) is 0 Å². The van der Waals surface area contributed by atoms with Crippen molar-refractivity contribution in [2.24, 2.45) is 0 Å². The van der Waals surface area contributed by atoms with E-state index >= 15 is 0 Å². The van der Waals surface area contributed by atoms with Crippen LogP contribution in [0.3, 0.4) is 0 Å². The third-order valence-corrected chi connectivity index (χ3v) is 2.12. The van der Waals surface area contributed by atoms with Crippen LogP contribution in [-0.4, -0.2) is 9.79 Å². The predicted octanol–water partition coefficient (Wildman–Crippen LogP) is 0.982. The second-order valence-electron chi connectivity index (χ2n) is 2.67. The monoisotopic (exact) mass is 244 g/mol. The molecular formula is C8H9N2O3PS. The smallest absolute Gasteiger partial charge is 0.324 e. The maximum absolute atomic E-state index is 8.80. The summed E-state index contributed by atoms with van der Waals surface area (Å²) in [7, 11) is 0. The van der Waals surface area contributed by atoms with Crippen LogP contribution < -0.4 is 5.48 Å². The van der Waals surface area contributed by atoms with Gasteiger partial charge in [0, 0.05) is 0 Å². The van der Waals surface area contributed by atoms with Crippen molar-refractivity contribution < 1.29 is 14.4 Å². The third kappa shape index (κ3) is 4.49. The standard InChI is InChI=1S/C8H9N2O3PS/c9-6-8(10-13-14(11,12)15)7-4-2-1-3-5-7/h1-5,8,10H,(H2,11,12,15). The molecule has 0 aliphatic rings. The molecule has 0 spiro atoms. The molecule has 1 rings (SSSR count). The van der Waals surface area contributed by atoms with Gasteiger partial charge in [-0.1, -0.05) is 30.3 Å². The summed E-state index contributed by atoms with van der Waals surface area (Å²) in [5.41, 5.74) is 2.87. The van der Waals surface area contributed by atoms with Gasteiger partial charge in [0.1, 0.15) is 6.04 Å². The first kappa shape index (κ1) is 12.3. The number of hydrogen-bond acceptors (Lipinski definition) is 4. The highest BCUT2D eigenvalue weighted by Crippen LogP contribution is 2.35. The second-order valence-corrected chi connectivity index (χ2v) is 5.26. The van der Waals surface area contributed by atoms with Gasteiger partial charge < -0.3 is 9.79 Å². The van der Waals surface area contributed by atoms with E-state index in [4.69, 9.17) is 15.0 Å². The Morgan fingerprint density at radius 3 is 2.47 bits per heavy atom. The third-order valence-electron chi connectivity index (χ3n) is 1.55. The molecule has 7 heteroatoms. The molecule has 0 aliphatic heterocycles. The van der Waals surface area contributed by atoms with Gasteiger partial charge in [0.15, 0.2) is 0 Å². The molecule has 1 atom stereocenters. The molecule has 0 aromatic heterocycles. The van der Waals surface area contributed by atoms with Crippen LogP contribution >= 0.6 is 6.72 Å². The fourth-order valence-electron chi connectivity index (χ4n) is 0.936. The molecule has 1 unspecified atom stereocenters. The van der Waals surface area contributed by atoms with Gasteiger partial charge in [0.2, 0.25) is 0 Å². The first-order valence-electron chi connectivity index (χ1n) is 3.97. The van der Waals surface area contributed by atoms with Crippen LogP contribution in [0, 0.1) is 11.3 Å². The van der Waals surface area contributed by atoms with E-state index in [0.29, 0.717) is 5.56 Å². The highest BCUT2D eigenvalue weighted by atomic mass is 32.5. The van der Waals surface area contributed by atoms with E-state index in [1.165, 1.54) is 0 Å². The lowest BCUT2D eigenvalue weighted by Crippen LogP contribution is -2.18. The fourth-order valence-corrected chi connectivity index (χ4v) is 1.31. The number of rotatable bonds is 4. The van der Waals surface area contributed by atoms with Crippen LogP contribution in [0.2, 0.25) is 0 Å². The molecule has 0 saturated heterocycles. The Balaban J connectivity index is 2.67. The van der Waals surface area contributed by atoms with Gasteiger partial charge in [-0.3, -0.25) is 0 Å². The number of benzene rings is 1. The summed E-state index contributed by atoms with van der Waals surface area (Å²) in [5.74, 6) is 0. The summed E-state index contributed by atoms with van der Waals surface area (Å²) in [6.07, 6.45) is 0. The fraction of sp³-hybridized carbons (Fsp3) is 0.125. The summed E-state index contributed by atoms with van der Waals surface area (Å²) in [4.78, 5) is 17.6. The van der Waals surface area contributed by atoms with Gasteiger partial charge in [-0.15, -0.1) is 0 Å². The Morgan fingerprint density at radius 2 is 2.00 bits per heavy atom. The van der Waals surface area contributed by atoms with Crippen molar-refractivity contribution in [3.05, 3.63) is 35.9 Å². The first-order chi connectivity index (χ1) is 7.03. The number of hydrogen-bond donors (Lipinski definition) is 3. The van der Waals surface area contributed by atoms with Gasteiger partial charge >= 0.3 is 6.72 Å². The molecule has 0 amide bonds. The second kappa shape index (κ2) is 5.33. The van der Waals surface area contributed by atoms with Crippen LogP contribution in [0.15, 0.2) is 30.3 Å². The van der Waals surface area contributed by atoms with E-state index in [1.807, 2.05) is 6.07 Å². The van der Waals surface area contributed by atoms with E-state index in [2.05, 4.69) is 21.9 Å². The van der Waals surface area contributed by atoms with E-state index in [9.17, 15) is 0 Å². The van der Waals surface area contributed by atoms with Crippen LogP contribution in [-0.2, 0) is 16.4 Å². The average molecular weight is 244 g/mol. The Kier molecular flexibility index (Phi) is 4.36. The van der Waals surface area contributed by atoms with E-state index in [0.717, 1.165) is 0 Å². The SMILES string of the molecule is N#CC(NOP(O)(O)=S)c1ccccc1. The van der Waals surface area contributed by atoms with Crippen molar-refractivity contribution in [2.45, 2.75) is 6.04 Å². The molecule has 0 aliphatic carbocycles. The quantitative estimate of drug-likeness (QED) is 0.540. The molecule has 80 valence electrons. The van der Waals surface area contributed by atoms with Crippen molar-refractivity contribution in [1.29, 1.82) is 5.26 Å². The van der Waals surface area contributed by atoms with Crippen LogP contribution in [0.4, 0.5) is 0 Å². The lowest BCUT2D eigenvalue weighted by molar-refractivity contribution is 0.144. The molecule has 1 aromatic rings. The maximum Gasteiger partial charge on any atom is 0.338 e. The zero-order valence-corrected chi connectivity index (χ0v) is 9.28. The van der Waals surface area contributed by atoms with E-state index in [1.54, 1.807) is 30.3 Å². The van der Waals surface area contributed by atoms with Crippen LogP contribution in [0.25, 0.3) is 0 Å². The minimum atomic E-state index is -3.78. The Labute approximate surface area is 92.1 Å². The summed E-state index contributed by atoms with van der Waals surface area (Å²) in [6.45, 7) is -3.78. The summed E-state index contributed by atoms with van der Waals surface area (Å²) in [5, 5.41) is 8.80. The van der Waals surface area contributed by atoms with Crippen LogP contribution in [0.1, 0.15) is 11.6 Å². The van der Waals surface area contributed by atoms with E-state index in [-0.39, 0.29) is 0 Å². The lowest BCUT2D eigenvalue weighted by Gasteiger charge is -2.13. The molecule has 0 bridgehead atoms. The zero-order chi connectivity index (χ0) is 11.3. The minimum Gasteiger partial charge on any atom is -0.324 e. The molecule has 0 heterocycles. The van der Waals surface area contributed by atoms with Crippen molar-refractivity contribution >= 4 is 18.5 Å². The number of nitrogens with one attached hydrogen (secondary N) is 1. The van der Waals surface area contributed by atoms with Crippen LogP contribution in [0.5, 0.6) is 0 Å². The zero-order valence-electron chi connectivity index (χ0n) is 7.57. The average Bonchev–Trinajstić information content (AvgIpc) is 2.19. The maximum atomic E-state index is 8.80. The molecule has 1 aromatic carbocycles. The Morgan fingerprint density at radius 1 is 1.40 bits per heavy atom. The predicted molar refractivity (Wildman–Crippen MR) is 57.7 cm³/mol. The van der Waals surface area contributed by atoms with Gasteiger partial charge in [-0.2, -0.15) is 10.7 Å². The summed E-state index contributed by atoms with van der Waals surface area (Å²) in [6, 6.07) is 9.87. The topological polar surface area (TPSA) is 85.5 Å². The van der Waals surface area contributed by atoms with Crippen molar-refractivity contribution in [2.75, 3.05) is 0 Å². The number of nitrogens with zero attached hydrogens (tertiary/aromatic N) is 1. The lowest BCUT2D eigenvalue weighted by atomic mass is 10.1. The van der Waals surface area contributed by atoms with E-state index < -0.39 is 12.8 Å². The molecule has 0 radical (unpaired) electrons. The molecular weight excluding hydrogens is 235 g/mol. The van der Waals surface area contributed by atoms with Crippen molar-refractivity contribution in [3.8, 4) is 6.07 Å². The molecule has 15 heavy (non-hydrogen) atoms. The first-order valence-corrected chi connectivity index (χ1v) is 6.60. The molecule has 3 N–H and O–H groups in total. The minimum absolute atomic E-state index is 0.656. The van der Waals surface area contributed by atoms with Crippen molar-refractivity contribution in [1.82, 2.24) is 5.48 Å².